The first kappa shape index (κ1) is 13.5. The third-order valence-electron chi connectivity index (χ3n) is 2.32. The van der Waals surface area contributed by atoms with E-state index in [1.807, 2.05) is 26.1 Å². The van der Waals surface area contributed by atoms with Crippen LogP contribution in [0.25, 0.3) is 0 Å². The van der Waals surface area contributed by atoms with Crippen molar-refractivity contribution in [3.8, 4) is 0 Å². The maximum Gasteiger partial charge on any atom is 0.228 e. The van der Waals surface area contributed by atoms with Gasteiger partial charge in [-0.3, -0.25) is 4.79 Å². The number of thiophene rings is 1. The second-order valence-electron chi connectivity index (χ2n) is 3.61. The molecule has 0 saturated heterocycles. The average molecular weight is 261 g/mol. The zero-order valence-corrected chi connectivity index (χ0v) is 11.1. The van der Waals surface area contributed by atoms with Crippen molar-refractivity contribution in [2.75, 3.05) is 20.1 Å². The van der Waals surface area contributed by atoms with Crippen LogP contribution in [0.1, 0.15) is 24.1 Å². The molecular formula is C11H17ClN2OS. The van der Waals surface area contributed by atoms with Crippen molar-refractivity contribution >= 4 is 28.8 Å². The van der Waals surface area contributed by atoms with E-state index in [9.17, 15) is 4.79 Å². The first-order valence-electron chi connectivity index (χ1n) is 5.32. The largest absolute Gasteiger partial charge is 0.356 e. The van der Waals surface area contributed by atoms with Crippen molar-refractivity contribution in [2.24, 2.45) is 0 Å². The maximum atomic E-state index is 11.7. The minimum absolute atomic E-state index is 0.0645. The van der Waals surface area contributed by atoms with Gasteiger partial charge in [0, 0.05) is 11.4 Å². The lowest BCUT2D eigenvalue weighted by atomic mass is 10.1. The molecule has 2 N–H and O–H groups in total. The van der Waals surface area contributed by atoms with E-state index in [4.69, 9.17) is 11.6 Å². The minimum Gasteiger partial charge on any atom is -0.356 e. The fraction of sp³-hybridized carbons (Fsp3) is 0.545. The van der Waals surface area contributed by atoms with Crippen molar-refractivity contribution in [2.45, 2.75) is 19.3 Å². The second kappa shape index (κ2) is 6.89. The van der Waals surface area contributed by atoms with Gasteiger partial charge in [-0.2, -0.15) is 0 Å². The molecule has 0 bridgehead atoms. The highest BCUT2D eigenvalue weighted by Gasteiger charge is 2.16. The topological polar surface area (TPSA) is 41.1 Å². The summed E-state index contributed by atoms with van der Waals surface area (Å²) in [7, 11) is 1.90. The van der Waals surface area contributed by atoms with Crippen molar-refractivity contribution in [1.82, 2.24) is 10.6 Å². The van der Waals surface area contributed by atoms with Gasteiger partial charge < -0.3 is 10.6 Å². The zero-order valence-electron chi connectivity index (χ0n) is 9.55. The highest BCUT2D eigenvalue weighted by Crippen LogP contribution is 2.27. The van der Waals surface area contributed by atoms with Crippen LogP contribution in [0, 0.1) is 0 Å². The first-order valence-corrected chi connectivity index (χ1v) is 6.52. The average Bonchev–Trinajstić information content (AvgIpc) is 2.70. The molecule has 1 atom stereocenters. The molecule has 0 radical (unpaired) electrons. The molecular weight excluding hydrogens is 244 g/mol. The van der Waals surface area contributed by atoms with Gasteiger partial charge in [0.2, 0.25) is 5.91 Å². The Morgan fingerprint density at radius 1 is 1.50 bits per heavy atom. The van der Waals surface area contributed by atoms with Crippen LogP contribution in [0.5, 0.6) is 0 Å². The number of carbonyl (C=O) groups is 1. The van der Waals surface area contributed by atoms with Gasteiger partial charge in [-0.1, -0.05) is 11.6 Å². The highest BCUT2D eigenvalue weighted by molar-refractivity contribution is 7.16. The number of carbonyl (C=O) groups excluding carboxylic acids is 1. The summed E-state index contributed by atoms with van der Waals surface area (Å²) >= 11 is 7.29. The SMILES string of the molecule is CNCCCNC(=O)C(C)c1ccc(Cl)s1. The summed E-state index contributed by atoms with van der Waals surface area (Å²) in [5.74, 6) is -0.0540. The molecule has 0 aliphatic carbocycles. The summed E-state index contributed by atoms with van der Waals surface area (Å²) in [6, 6.07) is 3.73. The number of nitrogens with one attached hydrogen (secondary N) is 2. The van der Waals surface area contributed by atoms with Gasteiger partial charge in [-0.15, -0.1) is 11.3 Å². The number of rotatable bonds is 6. The normalized spacial score (nSPS) is 12.4. The first-order chi connectivity index (χ1) is 7.65. The van der Waals surface area contributed by atoms with Gasteiger partial charge in [0.1, 0.15) is 0 Å². The van der Waals surface area contributed by atoms with E-state index in [1.54, 1.807) is 0 Å². The fourth-order valence-electron chi connectivity index (χ4n) is 1.32. The molecule has 16 heavy (non-hydrogen) atoms. The fourth-order valence-corrected chi connectivity index (χ4v) is 2.43. The summed E-state index contributed by atoms with van der Waals surface area (Å²) in [5, 5.41) is 5.95. The molecule has 0 fully saturated rings. The van der Waals surface area contributed by atoms with E-state index in [1.165, 1.54) is 11.3 Å². The maximum absolute atomic E-state index is 11.7. The Kier molecular flexibility index (Phi) is 5.80. The molecule has 1 rings (SSSR count). The summed E-state index contributed by atoms with van der Waals surface area (Å²) in [6.45, 7) is 3.53. The molecule has 0 aliphatic rings. The predicted octanol–water partition coefficient (Wildman–Crippen LogP) is 2.23. The van der Waals surface area contributed by atoms with E-state index < -0.39 is 0 Å². The molecule has 1 amide bonds. The molecule has 0 aromatic carbocycles. The number of hydrogen-bond donors (Lipinski definition) is 2. The van der Waals surface area contributed by atoms with Gasteiger partial charge in [-0.05, 0) is 39.1 Å². The Morgan fingerprint density at radius 2 is 2.25 bits per heavy atom. The van der Waals surface area contributed by atoms with Gasteiger partial charge in [0.15, 0.2) is 0 Å². The predicted molar refractivity (Wildman–Crippen MR) is 69.3 cm³/mol. The molecule has 0 saturated carbocycles. The molecule has 0 aliphatic heterocycles. The minimum atomic E-state index is -0.118. The Labute approximate surface area is 105 Å². The van der Waals surface area contributed by atoms with E-state index >= 15 is 0 Å². The molecule has 3 nitrogen and oxygen atoms in total. The van der Waals surface area contributed by atoms with Crippen LogP contribution >= 0.6 is 22.9 Å². The lowest BCUT2D eigenvalue weighted by Gasteiger charge is -2.10. The van der Waals surface area contributed by atoms with Crippen LogP contribution in [0.2, 0.25) is 4.34 Å². The quantitative estimate of drug-likeness (QED) is 0.771. The second-order valence-corrected chi connectivity index (χ2v) is 5.36. The third-order valence-corrected chi connectivity index (χ3v) is 3.73. The van der Waals surface area contributed by atoms with Crippen LogP contribution in [0.3, 0.4) is 0 Å². The van der Waals surface area contributed by atoms with E-state index in [0.29, 0.717) is 6.54 Å². The molecule has 1 heterocycles. The zero-order chi connectivity index (χ0) is 12.0. The van der Waals surface area contributed by atoms with Crippen molar-refractivity contribution in [1.29, 1.82) is 0 Å². The highest BCUT2D eigenvalue weighted by atomic mass is 35.5. The van der Waals surface area contributed by atoms with E-state index in [2.05, 4.69) is 10.6 Å². The van der Waals surface area contributed by atoms with Crippen LogP contribution in [0.15, 0.2) is 12.1 Å². The molecule has 0 spiro atoms. The molecule has 90 valence electrons. The summed E-state index contributed by atoms with van der Waals surface area (Å²) < 4.78 is 0.727. The van der Waals surface area contributed by atoms with Crippen LogP contribution < -0.4 is 10.6 Å². The monoisotopic (exact) mass is 260 g/mol. The van der Waals surface area contributed by atoms with Crippen LogP contribution in [-0.4, -0.2) is 26.0 Å². The van der Waals surface area contributed by atoms with Crippen LogP contribution in [-0.2, 0) is 4.79 Å². The van der Waals surface area contributed by atoms with Crippen molar-refractivity contribution < 1.29 is 4.79 Å². The molecule has 1 aromatic rings. The number of hydrogen-bond acceptors (Lipinski definition) is 3. The molecule has 1 unspecified atom stereocenters. The van der Waals surface area contributed by atoms with Gasteiger partial charge in [0.25, 0.3) is 0 Å². The van der Waals surface area contributed by atoms with Gasteiger partial charge >= 0.3 is 0 Å². The Hall–Kier alpha value is -0.580. The third kappa shape index (κ3) is 4.12. The summed E-state index contributed by atoms with van der Waals surface area (Å²) in [6.07, 6.45) is 0.945. The number of halogens is 1. The summed E-state index contributed by atoms with van der Waals surface area (Å²) in [4.78, 5) is 12.8. The van der Waals surface area contributed by atoms with Crippen molar-refractivity contribution in [3.63, 3.8) is 0 Å². The van der Waals surface area contributed by atoms with Gasteiger partial charge in [0.05, 0.1) is 10.3 Å². The van der Waals surface area contributed by atoms with Gasteiger partial charge in [-0.25, -0.2) is 0 Å². The summed E-state index contributed by atoms with van der Waals surface area (Å²) in [5.41, 5.74) is 0. The number of amides is 1. The Morgan fingerprint density at radius 3 is 2.81 bits per heavy atom. The molecule has 1 aromatic heterocycles. The Bertz CT molecular complexity index is 340. The molecule has 5 heteroatoms. The lowest BCUT2D eigenvalue weighted by Crippen LogP contribution is -2.29. The standard InChI is InChI=1S/C11H17ClN2OS/c1-8(9-4-5-10(12)16-9)11(15)14-7-3-6-13-2/h4-5,8,13H,3,6-7H2,1-2H3,(H,14,15). The van der Waals surface area contributed by atoms with Crippen LogP contribution in [0.4, 0.5) is 0 Å². The lowest BCUT2D eigenvalue weighted by molar-refractivity contribution is -0.122. The smallest absolute Gasteiger partial charge is 0.228 e. The Balaban J connectivity index is 2.36. The van der Waals surface area contributed by atoms with E-state index in [0.717, 1.165) is 22.2 Å². The van der Waals surface area contributed by atoms with Crippen molar-refractivity contribution in [3.05, 3.63) is 21.3 Å². The van der Waals surface area contributed by atoms with E-state index in [-0.39, 0.29) is 11.8 Å².